The Balaban J connectivity index is 4.18. The van der Waals surface area contributed by atoms with Gasteiger partial charge in [0.15, 0.2) is 6.29 Å². The van der Waals surface area contributed by atoms with Crippen LogP contribution >= 0.6 is 0 Å². The van der Waals surface area contributed by atoms with Crippen molar-refractivity contribution >= 4 is 5.91 Å². The molecule has 17 heavy (non-hydrogen) atoms. The number of nitrogens with zero attached hydrogens (tertiary/aromatic N) is 1. The van der Waals surface area contributed by atoms with Crippen LogP contribution in [-0.4, -0.2) is 49.9 Å². The van der Waals surface area contributed by atoms with Crippen LogP contribution in [0.4, 0.5) is 0 Å². The Hall–Kier alpha value is -0.650. The maximum Gasteiger partial charge on any atom is 0.231 e. The van der Waals surface area contributed by atoms with Gasteiger partial charge in [-0.1, -0.05) is 13.3 Å². The largest absolute Gasteiger partial charge is 0.369 e. The van der Waals surface area contributed by atoms with Crippen LogP contribution in [0.5, 0.6) is 0 Å². The molecule has 0 aromatic carbocycles. The SMILES string of the molecule is CCCCN(CC(N)=O)CC(OCC)OCC. The van der Waals surface area contributed by atoms with E-state index in [1.54, 1.807) is 0 Å². The highest BCUT2D eigenvalue weighted by atomic mass is 16.7. The van der Waals surface area contributed by atoms with E-state index in [9.17, 15) is 4.79 Å². The standard InChI is InChI=1S/C12H26N2O3/c1-4-7-8-14(9-11(13)15)10-12(16-5-2)17-6-3/h12H,4-10H2,1-3H3,(H2,13,15). The summed E-state index contributed by atoms with van der Waals surface area (Å²) in [5, 5.41) is 0. The molecule has 1 amide bonds. The van der Waals surface area contributed by atoms with Crippen LogP contribution in [0.15, 0.2) is 0 Å². The fraction of sp³-hybridized carbons (Fsp3) is 0.917. The molecule has 2 N–H and O–H groups in total. The molecule has 0 fully saturated rings. The summed E-state index contributed by atoms with van der Waals surface area (Å²) in [6.45, 7) is 8.86. The molecule has 0 aliphatic heterocycles. The van der Waals surface area contributed by atoms with Crippen LogP contribution in [-0.2, 0) is 14.3 Å². The Morgan fingerprint density at radius 1 is 1.24 bits per heavy atom. The van der Waals surface area contributed by atoms with E-state index < -0.39 is 0 Å². The fourth-order valence-electron chi connectivity index (χ4n) is 1.57. The Bertz CT molecular complexity index is 194. The highest BCUT2D eigenvalue weighted by Crippen LogP contribution is 2.02. The lowest BCUT2D eigenvalue weighted by Gasteiger charge is -2.26. The molecule has 5 heteroatoms. The zero-order valence-corrected chi connectivity index (χ0v) is 11.3. The molecule has 0 aromatic rings. The Kier molecular flexibility index (Phi) is 10.1. The maximum absolute atomic E-state index is 11.0. The predicted octanol–water partition coefficient (Wildman–Crippen LogP) is 0.973. The number of hydrogen-bond acceptors (Lipinski definition) is 4. The Morgan fingerprint density at radius 2 is 1.82 bits per heavy atom. The first kappa shape index (κ1) is 16.4. The molecule has 0 heterocycles. The molecule has 0 aromatic heterocycles. The topological polar surface area (TPSA) is 64.8 Å². The van der Waals surface area contributed by atoms with E-state index in [1.165, 1.54) is 0 Å². The molecule has 102 valence electrons. The van der Waals surface area contributed by atoms with Crippen LogP contribution in [0.1, 0.15) is 33.6 Å². The van der Waals surface area contributed by atoms with Gasteiger partial charge >= 0.3 is 0 Å². The zero-order chi connectivity index (χ0) is 13.1. The van der Waals surface area contributed by atoms with E-state index in [-0.39, 0.29) is 18.7 Å². The number of amides is 1. The van der Waals surface area contributed by atoms with Crippen molar-refractivity contribution in [1.29, 1.82) is 0 Å². The van der Waals surface area contributed by atoms with E-state index >= 15 is 0 Å². The van der Waals surface area contributed by atoms with Crippen LogP contribution in [0.3, 0.4) is 0 Å². The van der Waals surface area contributed by atoms with Gasteiger partial charge in [-0.2, -0.15) is 0 Å². The van der Waals surface area contributed by atoms with Gasteiger partial charge in [0.2, 0.25) is 5.91 Å². The van der Waals surface area contributed by atoms with Gasteiger partial charge in [-0.25, -0.2) is 0 Å². The van der Waals surface area contributed by atoms with Gasteiger partial charge < -0.3 is 15.2 Å². The molecular weight excluding hydrogens is 220 g/mol. The molecule has 0 unspecified atom stereocenters. The Morgan fingerprint density at radius 3 is 2.24 bits per heavy atom. The summed E-state index contributed by atoms with van der Waals surface area (Å²) in [6.07, 6.45) is 1.85. The number of carbonyl (C=O) groups is 1. The number of primary amides is 1. The van der Waals surface area contributed by atoms with Crippen molar-refractivity contribution in [1.82, 2.24) is 4.90 Å². The minimum Gasteiger partial charge on any atom is -0.369 e. The van der Waals surface area contributed by atoms with Crippen LogP contribution < -0.4 is 5.73 Å². The van der Waals surface area contributed by atoms with Crippen molar-refractivity contribution in [2.24, 2.45) is 5.73 Å². The minimum atomic E-state index is -0.312. The first-order valence-corrected chi connectivity index (χ1v) is 6.37. The molecule has 0 saturated heterocycles. The second-order valence-electron chi connectivity index (χ2n) is 3.90. The average molecular weight is 246 g/mol. The van der Waals surface area contributed by atoms with E-state index in [0.717, 1.165) is 19.4 Å². The number of nitrogens with two attached hydrogens (primary N) is 1. The second kappa shape index (κ2) is 10.5. The lowest BCUT2D eigenvalue weighted by atomic mass is 10.3. The molecule has 0 atom stereocenters. The van der Waals surface area contributed by atoms with Crippen LogP contribution in [0.2, 0.25) is 0 Å². The summed E-state index contributed by atoms with van der Waals surface area (Å²) < 4.78 is 10.9. The summed E-state index contributed by atoms with van der Waals surface area (Å²) >= 11 is 0. The zero-order valence-electron chi connectivity index (χ0n) is 11.3. The highest BCUT2D eigenvalue weighted by molar-refractivity contribution is 5.75. The summed E-state index contributed by atoms with van der Waals surface area (Å²) in [6, 6.07) is 0. The number of unbranched alkanes of at least 4 members (excludes halogenated alkanes) is 1. The minimum absolute atomic E-state index is 0.261. The molecule has 0 saturated carbocycles. The third-order valence-corrected chi connectivity index (χ3v) is 2.32. The summed E-state index contributed by atoms with van der Waals surface area (Å²) in [4.78, 5) is 13.0. The van der Waals surface area contributed by atoms with Gasteiger partial charge in [-0.3, -0.25) is 9.69 Å². The van der Waals surface area contributed by atoms with Crippen molar-refractivity contribution in [3.8, 4) is 0 Å². The van der Waals surface area contributed by atoms with Gasteiger partial charge in [0.25, 0.3) is 0 Å². The first-order chi connectivity index (χ1) is 8.13. The molecule has 0 spiro atoms. The predicted molar refractivity (Wildman–Crippen MR) is 67.6 cm³/mol. The molecule has 0 aliphatic carbocycles. The van der Waals surface area contributed by atoms with Crippen molar-refractivity contribution in [3.05, 3.63) is 0 Å². The fourth-order valence-corrected chi connectivity index (χ4v) is 1.57. The van der Waals surface area contributed by atoms with Gasteiger partial charge in [0.05, 0.1) is 13.1 Å². The van der Waals surface area contributed by atoms with Crippen LogP contribution in [0, 0.1) is 0 Å². The van der Waals surface area contributed by atoms with Crippen molar-refractivity contribution in [3.63, 3.8) is 0 Å². The van der Waals surface area contributed by atoms with E-state index in [1.807, 2.05) is 18.7 Å². The summed E-state index contributed by atoms with van der Waals surface area (Å²) in [5.41, 5.74) is 5.23. The maximum atomic E-state index is 11.0. The van der Waals surface area contributed by atoms with E-state index in [0.29, 0.717) is 19.8 Å². The monoisotopic (exact) mass is 246 g/mol. The molecule has 5 nitrogen and oxygen atoms in total. The van der Waals surface area contributed by atoms with E-state index in [2.05, 4.69) is 6.92 Å². The van der Waals surface area contributed by atoms with Gasteiger partial charge in [-0.05, 0) is 26.8 Å². The number of hydrogen-bond donors (Lipinski definition) is 1. The highest BCUT2D eigenvalue weighted by Gasteiger charge is 2.15. The Labute approximate surface area is 104 Å². The van der Waals surface area contributed by atoms with Crippen molar-refractivity contribution in [2.45, 2.75) is 39.9 Å². The normalized spacial score (nSPS) is 11.4. The lowest BCUT2D eigenvalue weighted by Crippen LogP contribution is -2.41. The second-order valence-corrected chi connectivity index (χ2v) is 3.90. The molecule has 0 aliphatic rings. The molecule has 0 radical (unpaired) electrons. The third kappa shape index (κ3) is 9.09. The lowest BCUT2D eigenvalue weighted by molar-refractivity contribution is -0.148. The van der Waals surface area contributed by atoms with Gasteiger partial charge in [-0.15, -0.1) is 0 Å². The quantitative estimate of drug-likeness (QED) is 0.552. The smallest absolute Gasteiger partial charge is 0.231 e. The molecule has 0 rings (SSSR count). The number of carbonyl (C=O) groups excluding carboxylic acids is 1. The van der Waals surface area contributed by atoms with Gasteiger partial charge in [0.1, 0.15) is 0 Å². The van der Waals surface area contributed by atoms with Crippen molar-refractivity contribution < 1.29 is 14.3 Å². The molecular formula is C12H26N2O3. The molecule has 0 bridgehead atoms. The third-order valence-electron chi connectivity index (χ3n) is 2.32. The summed E-state index contributed by atoms with van der Waals surface area (Å²) in [5.74, 6) is -0.312. The average Bonchev–Trinajstić information content (AvgIpc) is 2.26. The first-order valence-electron chi connectivity index (χ1n) is 6.37. The van der Waals surface area contributed by atoms with E-state index in [4.69, 9.17) is 15.2 Å². The number of rotatable bonds is 11. The summed E-state index contributed by atoms with van der Waals surface area (Å²) in [7, 11) is 0. The van der Waals surface area contributed by atoms with Crippen molar-refractivity contribution in [2.75, 3.05) is 32.8 Å². The van der Waals surface area contributed by atoms with Crippen LogP contribution in [0.25, 0.3) is 0 Å². The van der Waals surface area contributed by atoms with Gasteiger partial charge in [0, 0.05) is 13.2 Å². The number of ether oxygens (including phenoxy) is 2.